The average Bonchev–Trinajstić information content (AvgIpc) is 2.80. The number of H-pyrrole nitrogens is 1. The third-order valence-electron chi connectivity index (χ3n) is 1.62. The van der Waals surface area contributed by atoms with Crippen LogP contribution < -0.4 is 0 Å². The van der Waals surface area contributed by atoms with E-state index in [4.69, 9.17) is 0 Å². The highest BCUT2D eigenvalue weighted by atomic mass is 15.3. The van der Waals surface area contributed by atoms with Gasteiger partial charge in [0, 0.05) is 0 Å². The molecule has 0 unspecified atom stereocenters. The predicted molar refractivity (Wildman–Crippen MR) is 53.7 cm³/mol. The van der Waals surface area contributed by atoms with Gasteiger partial charge < -0.3 is 0 Å². The standard InChI is InChI=1S/C6H5N3.C3H3N3/c1-2-4-6-5(3-1)7-9-8-6;1-4-2-6-3-5-1/h1-4H,(H,7,8,9);1-3H. The van der Waals surface area contributed by atoms with Gasteiger partial charge in [0.05, 0.1) is 0 Å². The van der Waals surface area contributed by atoms with Crippen molar-refractivity contribution in [1.82, 2.24) is 30.4 Å². The normalized spacial score (nSPS) is 9.33. The summed E-state index contributed by atoms with van der Waals surface area (Å²) in [6, 6.07) is 7.70. The van der Waals surface area contributed by atoms with Crippen molar-refractivity contribution in [1.29, 1.82) is 0 Å². The van der Waals surface area contributed by atoms with Gasteiger partial charge >= 0.3 is 0 Å². The van der Waals surface area contributed by atoms with Crippen molar-refractivity contribution in [3.05, 3.63) is 43.2 Å². The van der Waals surface area contributed by atoms with Crippen LogP contribution in [0.5, 0.6) is 0 Å². The van der Waals surface area contributed by atoms with Gasteiger partial charge in [-0.3, -0.25) is 0 Å². The Balaban J connectivity index is 0.000000124. The average molecular weight is 200 g/mol. The minimum atomic E-state index is 0.914. The van der Waals surface area contributed by atoms with E-state index in [2.05, 4.69) is 30.4 Å². The summed E-state index contributed by atoms with van der Waals surface area (Å²) in [5.74, 6) is 0. The molecular weight excluding hydrogens is 192 g/mol. The zero-order chi connectivity index (χ0) is 10.3. The summed E-state index contributed by atoms with van der Waals surface area (Å²) < 4.78 is 0. The molecule has 0 aliphatic heterocycles. The Morgan fingerprint density at radius 2 is 1.20 bits per heavy atom. The van der Waals surface area contributed by atoms with Crippen LogP contribution >= 0.6 is 0 Å². The number of aromatic amines is 1. The molecule has 3 rings (SSSR count). The number of benzene rings is 1. The lowest BCUT2D eigenvalue weighted by molar-refractivity contribution is 0.959. The summed E-state index contributed by atoms with van der Waals surface area (Å²) in [6.07, 6.45) is 4.31. The zero-order valence-corrected chi connectivity index (χ0v) is 7.78. The van der Waals surface area contributed by atoms with Gasteiger partial charge in [0.1, 0.15) is 30.0 Å². The molecule has 0 aliphatic carbocycles. The van der Waals surface area contributed by atoms with E-state index >= 15 is 0 Å². The van der Waals surface area contributed by atoms with Gasteiger partial charge in [-0.1, -0.05) is 12.1 Å². The van der Waals surface area contributed by atoms with Crippen molar-refractivity contribution in [3.63, 3.8) is 0 Å². The molecule has 1 aromatic carbocycles. The molecule has 6 heteroatoms. The van der Waals surface area contributed by atoms with Crippen LogP contribution in [0.25, 0.3) is 11.0 Å². The van der Waals surface area contributed by atoms with Crippen LogP contribution in [-0.4, -0.2) is 30.4 Å². The van der Waals surface area contributed by atoms with Crippen molar-refractivity contribution in [2.24, 2.45) is 0 Å². The van der Waals surface area contributed by atoms with E-state index in [1.807, 2.05) is 24.3 Å². The third kappa shape index (κ3) is 2.53. The van der Waals surface area contributed by atoms with Gasteiger partial charge in [-0.25, -0.2) is 15.0 Å². The summed E-state index contributed by atoms with van der Waals surface area (Å²) in [4.78, 5) is 10.7. The summed E-state index contributed by atoms with van der Waals surface area (Å²) >= 11 is 0. The lowest BCUT2D eigenvalue weighted by Crippen LogP contribution is -1.73. The first-order chi connectivity index (χ1) is 7.47. The van der Waals surface area contributed by atoms with Crippen LogP contribution in [0, 0.1) is 0 Å². The van der Waals surface area contributed by atoms with Gasteiger partial charge in [-0.2, -0.15) is 15.4 Å². The second-order valence-electron chi connectivity index (χ2n) is 2.61. The molecule has 15 heavy (non-hydrogen) atoms. The maximum absolute atomic E-state index is 3.88. The van der Waals surface area contributed by atoms with Gasteiger partial charge in [0.25, 0.3) is 0 Å². The molecule has 0 radical (unpaired) electrons. The van der Waals surface area contributed by atoms with Gasteiger partial charge in [-0.05, 0) is 12.1 Å². The first-order valence-electron chi connectivity index (χ1n) is 4.27. The van der Waals surface area contributed by atoms with Gasteiger partial charge in [0.15, 0.2) is 0 Å². The van der Waals surface area contributed by atoms with E-state index in [1.165, 1.54) is 19.0 Å². The van der Waals surface area contributed by atoms with Gasteiger partial charge in [-0.15, -0.1) is 0 Å². The number of para-hydroxylation sites is 2. The van der Waals surface area contributed by atoms with E-state index in [9.17, 15) is 0 Å². The van der Waals surface area contributed by atoms with E-state index in [0.29, 0.717) is 0 Å². The highest BCUT2D eigenvalue weighted by molar-refractivity contribution is 5.72. The first-order valence-corrected chi connectivity index (χ1v) is 4.27. The number of aromatic nitrogens is 6. The van der Waals surface area contributed by atoms with E-state index in [1.54, 1.807) is 0 Å². The minimum absolute atomic E-state index is 0.914. The Kier molecular flexibility index (Phi) is 2.91. The van der Waals surface area contributed by atoms with Crippen LogP contribution in [0.2, 0.25) is 0 Å². The van der Waals surface area contributed by atoms with Crippen LogP contribution in [0.1, 0.15) is 0 Å². The third-order valence-corrected chi connectivity index (χ3v) is 1.62. The van der Waals surface area contributed by atoms with Crippen molar-refractivity contribution >= 4 is 11.0 Å². The summed E-state index contributed by atoms with van der Waals surface area (Å²) in [5, 5.41) is 10.3. The quantitative estimate of drug-likeness (QED) is 0.581. The Morgan fingerprint density at radius 3 is 1.60 bits per heavy atom. The molecule has 0 fully saturated rings. The molecule has 0 amide bonds. The molecule has 74 valence electrons. The summed E-state index contributed by atoms with van der Waals surface area (Å²) in [5.41, 5.74) is 1.83. The maximum atomic E-state index is 3.88. The molecular formula is C9H8N6. The highest BCUT2D eigenvalue weighted by Gasteiger charge is 1.90. The van der Waals surface area contributed by atoms with E-state index in [-0.39, 0.29) is 0 Å². The van der Waals surface area contributed by atoms with E-state index in [0.717, 1.165) is 11.0 Å². The topological polar surface area (TPSA) is 80.2 Å². The lowest BCUT2D eigenvalue weighted by Gasteiger charge is -1.78. The van der Waals surface area contributed by atoms with Crippen molar-refractivity contribution < 1.29 is 0 Å². The minimum Gasteiger partial charge on any atom is -0.225 e. The zero-order valence-electron chi connectivity index (χ0n) is 7.78. The monoisotopic (exact) mass is 200 g/mol. The first kappa shape index (κ1) is 9.20. The van der Waals surface area contributed by atoms with Crippen LogP contribution in [0.3, 0.4) is 0 Å². The SMILES string of the molecule is c1ccc2n[nH]nc2c1.c1ncncn1. The van der Waals surface area contributed by atoms with Gasteiger partial charge in [0.2, 0.25) is 0 Å². The lowest BCUT2D eigenvalue weighted by atomic mass is 10.3. The largest absolute Gasteiger partial charge is 0.225 e. The van der Waals surface area contributed by atoms with Crippen LogP contribution in [0.15, 0.2) is 43.2 Å². The highest BCUT2D eigenvalue weighted by Crippen LogP contribution is 2.03. The molecule has 0 aliphatic rings. The number of hydrogen-bond donors (Lipinski definition) is 1. The molecule has 6 nitrogen and oxygen atoms in total. The molecule has 0 saturated heterocycles. The maximum Gasteiger partial charge on any atom is 0.119 e. The molecule has 0 saturated carbocycles. The fourth-order valence-electron chi connectivity index (χ4n) is 0.991. The molecule has 0 bridgehead atoms. The number of nitrogens with zero attached hydrogens (tertiary/aromatic N) is 5. The summed E-state index contributed by atoms with van der Waals surface area (Å²) in [6.45, 7) is 0. The Morgan fingerprint density at radius 1 is 0.733 bits per heavy atom. The van der Waals surface area contributed by atoms with Crippen LogP contribution in [0.4, 0.5) is 0 Å². The molecule has 0 spiro atoms. The molecule has 1 N–H and O–H groups in total. The smallest absolute Gasteiger partial charge is 0.119 e. The van der Waals surface area contributed by atoms with Crippen molar-refractivity contribution in [2.45, 2.75) is 0 Å². The molecule has 0 atom stereocenters. The van der Waals surface area contributed by atoms with Crippen LogP contribution in [-0.2, 0) is 0 Å². The summed E-state index contributed by atoms with van der Waals surface area (Å²) in [7, 11) is 0. The Hall–Kier alpha value is -2.37. The predicted octanol–water partition coefficient (Wildman–Crippen LogP) is 0.829. The molecule has 3 aromatic rings. The van der Waals surface area contributed by atoms with E-state index < -0.39 is 0 Å². The molecule has 2 aromatic heterocycles. The van der Waals surface area contributed by atoms with Crippen molar-refractivity contribution in [3.8, 4) is 0 Å². The number of rotatable bonds is 0. The molecule has 2 heterocycles. The number of fused-ring (bicyclic) bond motifs is 1. The fraction of sp³-hybridized carbons (Fsp3) is 0. The second-order valence-corrected chi connectivity index (χ2v) is 2.61. The number of nitrogens with one attached hydrogen (secondary N) is 1. The Labute approximate surface area is 85.4 Å². The second kappa shape index (κ2) is 4.75. The fourth-order valence-corrected chi connectivity index (χ4v) is 0.991. The Bertz CT molecular complexity index is 449. The number of hydrogen-bond acceptors (Lipinski definition) is 5. The van der Waals surface area contributed by atoms with Crippen molar-refractivity contribution in [2.75, 3.05) is 0 Å².